The molecule has 1 heterocycles. The number of amides is 1. The Kier molecular flexibility index (Phi) is 2.86. The lowest BCUT2D eigenvalue weighted by Crippen LogP contribution is -2.37. The van der Waals surface area contributed by atoms with Crippen molar-refractivity contribution in [3.05, 3.63) is 0 Å². The van der Waals surface area contributed by atoms with E-state index in [-0.39, 0.29) is 6.09 Å². The molecule has 1 aliphatic heterocycles. The van der Waals surface area contributed by atoms with Gasteiger partial charge < -0.3 is 14.4 Å². The smallest absolute Gasteiger partial charge is 0.410 e. The van der Waals surface area contributed by atoms with Crippen LogP contribution in [0, 0.1) is 17.8 Å². The van der Waals surface area contributed by atoms with Crippen molar-refractivity contribution in [1.29, 1.82) is 0 Å². The van der Waals surface area contributed by atoms with Crippen molar-refractivity contribution >= 4 is 6.09 Å². The Bertz CT molecular complexity index is 272. The van der Waals surface area contributed by atoms with Gasteiger partial charge in [0.05, 0.1) is 0 Å². The number of fused-ring (bicyclic) bond motifs is 1. The molecule has 0 bridgehead atoms. The molecule has 1 saturated heterocycles. The van der Waals surface area contributed by atoms with Crippen LogP contribution in [0.5, 0.6) is 0 Å². The zero-order valence-electron chi connectivity index (χ0n) is 10.5. The molecule has 4 heteroatoms. The lowest BCUT2D eigenvalue weighted by molar-refractivity contribution is 0.0256. The van der Waals surface area contributed by atoms with Gasteiger partial charge in [0.1, 0.15) is 5.60 Å². The van der Waals surface area contributed by atoms with Gasteiger partial charge in [0.25, 0.3) is 0 Å². The lowest BCUT2D eigenvalue weighted by atomic mass is 10.2. The standard InChI is InChI=1S/C12H21NO3/c1-12(2,3)16-11(14)13-5-8-9(6-13)10(8)7-15-4/h8-10H,5-7H2,1-4H3/t8-,9+,10?. The van der Waals surface area contributed by atoms with Crippen molar-refractivity contribution in [3.63, 3.8) is 0 Å². The highest BCUT2D eigenvalue weighted by molar-refractivity contribution is 5.68. The molecule has 2 aliphatic rings. The molecule has 1 amide bonds. The minimum absolute atomic E-state index is 0.170. The average molecular weight is 227 g/mol. The third kappa shape index (κ3) is 2.32. The average Bonchev–Trinajstić information content (AvgIpc) is 2.60. The fraction of sp³-hybridized carbons (Fsp3) is 0.917. The predicted molar refractivity (Wildman–Crippen MR) is 60.2 cm³/mol. The molecule has 2 rings (SSSR count). The van der Waals surface area contributed by atoms with E-state index in [1.54, 1.807) is 7.11 Å². The quantitative estimate of drug-likeness (QED) is 0.721. The Hall–Kier alpha value is -0.770. The highest BCUT2D eigenvalue weighted by Crippen LogP contribution is 2.51. The van der Waals surface area contributed by atoms with Crippen LogP contribution >= 0.6 is 0 Å². The van der Waals surface area contributed by atoms with Crippen molar-refractivity contribution in [2.75, 3.05) is 26.8 Å². The minimum atomic E-state index is -0.393. The van der Waals surface area contributed by atoms with Crippen molar-refractivity contribution < 1.29 is 14.3 Å². The monoisotopic (exact) mass is 227 g/mol. The van der Waals surface area contributed by atoms with E-state index >= 15 is 0 Å². The van der Waals surface area contributed by atoms with E-state index in [2.05, 4.69) is 0 Å². The van der Waals surface area contributed by atoms with Crippen molar-refractivity contribution in [3.8, 4) is 0 Å². The van der Waals surface area contributed by atoms with E-state index in [1.165, 1.54) is 0 Å². The Morgan fingerprint density at radius 2 is 1.88 bits per heavy atom. The number of hydrogen-bond donors (Lipinski definition) is 0. The molecule has 92 valence electrons. The summed E-state index contributed by atoms with van der Waals surface area (Å²) in [6.45, 7) is 8.21. The second-order valence-corrected chi connectivity index (χ2v) is 5.83. The van der Waals surface area contributed by atoms with Gasteiger partial charge in [-0.3, -0.25) is 0 Å². The van der Waals surface area contributed by atoms with Crippen molar-refractivity contribution in [2.45, 2.75) is 26.4 Å². The summed E-state index contributed by atoms with van der Waals surface area (Å²) in [6, 6.07) is 0. The molecule has 0 spiro atoms. The first-order valence-corrected chi connectivity index (χ1v) is 5.89. The van der Waals surface area contributed by atoms with E-state index < -0.39 is 5.60 Å². The topological polar surface area (TPSA) is 38.8 Å². The van der Waals surface area contributed by atoms with Gasteiger partial charge in [-0.25, -0.2) is 4.79 Å². The zero-order chi connectivity index (χ0) is 11.9. The van der Waals surface area contributed by atoms with Crippen LogP contribution in [0.3, 0.4) is 0 Å². The van der Waals surface area contributed by atoms with Crippen LogP contribution in [0.2, 0.25) is 0 Å². The molecule has 1 saturated carbocycles. The SMILES string of the molecule is COCC1[C@H]2CN(C(=O)OC(C)(C)C)C[C@@H]12. The van der Waals surface area contributed by atoms with Gasteiger partial charge in [0, 0.05) is 26.8 Å². The molecule has 4 nitrogen and oxygen atoms in total. The predicted octanol–water partition coefficient (Wildman–Crippen LogP) is 1.75. The van der Waals surface area contributed by atoms with Crippen LogP contribution < -0.4 is 0 Å². The normalized spacial score (nSPS) is 32.5. The number of ether oxygens (including phenoxy) is 2. The third-order valence-electron chi connectivity index (χ3n) is 3.38. The summed E-state index contributed by atoms with van der Waals surface area (Å²) in [7, 11) is 1.74. The summed E-state index contributed by atoms with van der Waals surface area (Å²) >= 11 is 0. The number of piperidine rings is 1. The van der Waals surface area contributed by atoms with Crippen molar-refractivity contribution in [2.24, 2.45) is 17.8 Å². The maximum atomic E-state index is 11.8. The van der Waals surface area contributed by atoms with Crippen LogP contribution in [-0.4, -0.2) is 43.4 Å². The number of likely N-dealkylation sites (tertiary alicyclic amines) is 1. The Labute approximate surface area is 96.9 Å². The first kappa shape index (κ1) is 11.7. The molecule has 2 fully saturated rings. The summed E-state index contributed by atoms with van der Waals surface area (Å²) in [6.07, 6.45) is -0.170. The van der Waals surface area contributed by atoms with Crippen LogP contribution in [0.15, 0.2) is 0 Å². The maximum Gasteiger partial charge on any atom is 0.410 e. The Morgan fingerprint density at radius 3 is 2.31 bits per heavy atom. The van der Waals surface area contributed by atoms with Crippen LogP contribution in [0.25, 0.3) is 0 Å². The number of hydrogen-bond acceptors (Lipinski definition) is 3. The van der Waals surface area contributed by atoms with Gasteiger partial charge in [-0.05, 0) is 38.5 Å². The fourth-order valence-corrected chi connectivity index (χ4v) is 2.56. The number of carbonyl (C=O) groups is 1. The molecule has 16 heavy (non-hydrogen) atoms. The summed E-state index contributed by atoms with van der Waals surface area (Å²) in [5.74, 6) is 1.96. The van der Waals surface area contributed by atoms with E-state index in [1.807, 2.05) is 25.7 Å². The van der Waals surface area contributed by atoms with Gasteiger partial charge in [-0.15, -0.1) is 0 Å². The zero-order valence-corrected chi connectivity index (χ0v) is 10.5. The van der Waals surface area contributed by atoms with Crippen LogP contribution in [-0.2, 0) is 9.47 Å². The second-order valence-electron chi connectivity index (χ2n) is 5.83. The molecule has 3 atom stereocenters. The fourth-order valence-electron chi connectivity index (χ4n) is 2.56. The summed E-state index contributed by atoms with van der Waals surface area (Å²) in [5, 5.41) is 0. The molecule has 0 radical (unpaired) electrons. The first-order valence-electron chi connectivity index (χ1n) is 5.89. The third-order valence-corrected chi connectivity index (χ3v) is 3.38. The summed E-state index contributed by atoms with van der Waals surface area (Å²) < 4.78 is 10.5. The van der Waals surface area contributed by atoms with Crippen LogP contribution in [0.4, 0.5) is 4.79 Å². The largest absolute Gasteiger partial charge is 0.444 e. The molecular weight excluding hydrogens is 206 g/mol. The summed E-state index contributed by atoms with van der Waals surface area (Å²) in [4.78, 5) is 13.6. The minimum Gasteiger partial charge on any atom is -0.444 e. The molecule has 0 aromatic heterocycles. The van der Waals surface area contributed by atoms with Crippen molar-refractivity contribution in [1.82, 2.24) is 4.90 Å². The van der Waals surface area contributed by atoms with Gasteiger partial charge >= 0.3 is 6.09 Å². The lowest BCUT2D eigenvalue weighted by Gasteiger charge is -2.25. The van der Waals surface area contributed by atoms with E-state index in [4.69, 9.17) is 9.47 Å². The number of nitrogens with zero attached hydrogens (tertiary/aromatic N) is 1. The van der Waals surface area contributed by atoms with Gasteiger partial charge in [-0.1, -0.05) is 0 Å². The summed E-state index contributed by atoms with van der Waals surface area (Å²) in [5.41, 5.74) is -0.393. The number of methoxy groups -OCH3 is 1. The molecule has 1 unspecified atom stereocenters. The van der Waals surface area contributed by atoms with E-state index in [9.17, 15) is 4.79 Å². The van der Waals surface area contributed by atoms with Crippen LogP contribution in [0.1, 0.15) is 20.8 Å². The van der Waals surface area contributed by atoms with Gasteiger partial charge in [0.15, 0.2) is 0 Å². The molecule has 0 aromatic rings. The molecular formula is C12H21NO3. The van der Waals surface area contributed by atoms with Gasteiger partial charge in [0.2, 0.25) is 0 Å². The first-order chi connectivity index (χ1) is 7.42. The Balaban J connectivity index is 1.78. The number of rotatable bonds is 2. The molecule has 0 aromatic carbocycles. The highest BCUT2D eigenvalue weighted by Gasteiger charge is 2.56. The second kappa shape index (κ2) is 3.91. The molecule has 1 aliphatic carbocycles. The maximum absolute atomic E-state index is 11.8. The van der Waals surface area contributed by atoms with E-state index in [0.29, 0.717) is 17.8 Å². The Morgan fingerprint density at radius 1 is 1.31 bits per heavy atom. The molecule has 0 N–H and O–H groups in total. The van der Waals surface area contributed by atoms with Gasteiger partial charge in [-0.2, -0.15) is 0 Å². The van der Waals surface area contributed by atoms with E-state index in [0.717, 1.165) is 19.7 Å². The number of carbonyl (C=O) groups excluding carboxylic acids is 1. The highest BCUT2D eigenvalue weighted by atomic mass is 16.6.